The van der Waals surface area contributed by atoms with Gasteiger partial charge >= 0.3 is 6.36 Å². The third-order valence-electron chi connectivity index (χ3n) is 3.11. The van der Waals surface area contributed by atoms with Gasteiger partial charge in [0.25, 0.3) is 0 Å². The molecule has 0 bridgehead atoms. The van der Waals surface area contributed by atoms with Crippen LogP contribution in [0.25, 0.3) is 5.65 Å². The lowest BCUT2D eigenvalue weighted by Crippen LogP contribution is -2.17. The Kier molecular flexibility index (Phi) is 3.15. The first-order valence-corrected chi connectivity index (χ1v) is 5.83. The quantitative estimate of drug-likeness (QED) is 0.861. The molecule has 0 N–H and O–H groups in total. The van der Waals surface area contributed by atoms with Crippen molar-refractivity contribution < 1.29 is 17.9 Å². The zero-order valence-electron chi connectivity index (χ0n) is 10.8. The van der Waals surface area contributed by atoms with E-state index < -0.39 is 6.36 Å². The fraction of sp³-hybridized carbons (Fsp3) is 0.500. The first kappa shape index (κ1) is 13.6. The molecule has 0 aromatic carbocycles. The van der Waals surface area contributed by atoms with Crippen LogP contribution in [0.15, 0.2) is 18.5 Å². The molecule has 0 aliphatic rings. The fourth-order valence-electron chi connectivity index (χ4n) is 1.56. The van der Waals surface area contributed by atoms with Crippen molar-refractivity contribution in [2.24, 2.45) is 0 Å². The second kappa shape index (κ2) is 4.40. The number of halogens is 3. The topological polar surface area (TPSA) is 39.4 Å². The van der Waals surface area contributed by atoms with Gasteiger partial charge in [0.2, 0.25) is 0 Å². The smallest absolute Gasteiger partial charge is 0.404 e. The molecule has 7 heteroatoms. The summed E-state index contributed by atoms with van der Waals surface area (Å²) in [5.74, 6) is -0.369. The minimum absolute atomic E-state index is 0.154. The lowest BCUT2D eigenvalue weighted by Gasteiger charge is -2.18. The van der Waals surface area contributed by atoms with Crippen LogP contribution in [0.4, 0.5) is 13.2 Å². The van der Waals surface area contributed by atoms with Gasteiger partial charge in [0.15, 0.2) is 11.4 Å². The Labute approximate surface area is 108 Å². The van der Waals surface area contributed by atoms with Gasteiger partial charge in [-0.15, -0.1) is 13.2 Å². The van der Waals surface area contributed by atoms with Crippen LogP contribution in [0.3, 0.4) is 0 Å². The van der Waals surface area contributed by atoms with Gasteiger partial charge in [-0.05, 0) is 6.42 Å². The molecule has 4 nitrogen and oxygen atoms in total. The molecule has 0 spiro atoms. The van der Waals surface area contributed by atoms with E-state index in [4.69, 9.17) is 0 Å². The molecule has 0 atom stereocenters. The van der Waals surface area contributed by atoms with E-state index in [0.717, 1.165) is 18.3 Å². The lowest BCUT2D eigenvalue weighted by atomic mass is 9.87. The molecular weight excluding hydrogens is 259 g/mol. The van der Waals surface area contributed by atoms with Gasteiger partial charge in [-0.1, -0.05) is 20.8 Å². The molecule has 104 valence electrons. The Balaban J connectivity index is 2.39. The molecule has 19 heavy (non-hydrogen) atoms. The highest BCUT2D eigenvalue weighted by Gasteiger charge is 2.31. The van der Waals surface area contributed by atoms with Crippen LogP contribution < -0.4 is 4.74 Å². The van der Waals surface area contributed by atoms with Crippen LogP contribution in [0, 0.1) is 0 Å². The lowest BCUT2D eigenvalue weighted by molar-refractivity contribution is -0.274. The summed E-state index contributed by atoms with van der Waals surface area (Å²) in [5, 5.41) is 3.86. The summed E-state index contributed by atoms with van der Waals surface area (Å²) in [6.45, 7) is 6.05. The number of fused-ring (bicyclic) bond motifs is 1. The Morgan fingerprint density at radius 3 is 2.58 bits per heavy atom. The Bertz CT molecular complexity index is 589. The summed E-state index contributed by atoms with van der Waals surface area (Å²) in [5.41, 5.74) is 0.962. The minimum atomic E-state index is -4.72. The van der Waals surface area contributed by atoms with Crippen molar-refractivity contribution in [2.75, 3.05) is 0 Å². The van der Waals surface area contributed by atoms with Crippen molar-refractivity contribution >= 4 is 5.65 Å². The van der Waals surface area contributed by atoms with Crippen LogP contribution >= 0.6 is 0 Å². The number of hydrogen-bond donors (Lipinski definition) is 0. The van der Waals surface area contributed by atoms with Crippen molar-refractivity contribution in [3.05, 3.63) is 24.2 Å². The van der Waals surface area contributed by atoms with E-state index in [1.165, 1.54) is 10.6 Å². The maximum absolute atomic E-state index is 12.1. The second-order valence-corrected chi connectivity index (χ2v) is 4.91. The van der Waals surface area contributed by atoms with E-state index in [1.807, 2.05) is 20.8 Å². The standard InChI is InChI=1S/C12H14F3N3O/c1-4-11(2,3)9-7-18-10(17-9)5-8(6-16-18)19-12(13,14)15/h5-7H,4H2,1-3H3. The van der Waals surface area contributed by atoms with Crippen molar-refractivity contribution in [2.45, 2.75) is 39.0 Å². The Morgan fingerprint density at radius 2 is 2.00 bits per heavy atom. The van der Waals surface area contributed by atoms with Gasteiger partial charge in [-0.25, -0.2) is 9.50 Å². The molecular formula is C12H14F3N3O. The van der Waals surface area contributed by atoms with Crippen molar-refractivity contribution in [3.63, 3.8) is 0 Å². The summed E-state index contributed by atoms with van der Waals surface area (Å²) < 4.78 is 41.6. The number of ether oxygens (including phenoxy) is 1. The normalized spacial score (nSPS) is 12.9. The highest BCUT2D eigenvalue weighted by molar-refractivity contribution is 5.44. The number of alkyl halides is 3. The largest absolute Gasteiger partial charge is 0.573 e. The van der Waals surface area contributed by atoms with Crippen LogP contribution in [-0.4, -0.2) is 21.0 Å². The molecule has 2 aromatic rings. The van der Waals surface area contributed by atoms with Crippen molar-refractivity contribution in [1.82, 2.24) is 14.6 Å². The zero-order valence-corrected chi connectivity index (χ0v) is 10.8. The monoisotopic (exact) mass is 273 g/mol. The van der Waals surface area contributed by atoms with E-state index in [9.17, 15) is 13.2 Å². The van der Waals surface area contributed by atoms with Crippen LogP contribution in [0.1, 0.15) is 32.9 Å². The van der Waals surface area contributed by atoms with Crippen molar-refractivity contribution in [1.29, 1.82) is 0 Å². The zero-order chi connectivity index (χ0) is 14.3. The number of nitrogens with zero attached hydrogens (tertiary/aromatic N) is 3. The third-order valence-corrected chi connectivity index (χ3v) is 3.11. The highest BCUT2D eigenvalue weighted by atomic mass is 19.4. The predicted molar refractivity (Wildman–Crippen MR) is 63.0 cm³/mol. The van der Waals surface area contributed by atoms with E-state index >= 15 is 0 Å². The summed E-state index contributed by atoms with van der Waals surface area (Å²) in [4.78, 5) is 4.30. The van der Waals surface area contributed by atoms with Crippen LogP contribution in [0.5, 0.6) is 5.75 Å². The molecule has 0 saturated carbocycles. The first-order chi connectivity index (χ1) is 8.71. The maximum Gasteiger partial charge on any atom is 0.573 e. The summed E-state index contributed by atoms with van der Waals surface area (Å²) in [6, 6.07) is 1.22. The fourth-order valence-corrected chi connectivity index (χ4v) is 1.56. The van der Waals surface area contributed by atoms with Crippen LogP contribution in [-0.2, 0) is 5.41 Å². The van der Waals surface area contributed by atoms with Crippen LogP contribution in [0.2, 0.25) is 0 Å². The SMILES string of the molecule is CCC(C)(C)c1cn2ncc(OC(F)(F)F)cc2n1. The predicted octanol–water partition coefficient (Wildman–Crippen LogP) is 3.32. The number of rotatable bonds is 3. The average Bonchev–Trinajstić information content (AvgIpc) is 2.70. The van der Waals surface area contributed by atoms with Crippen molar-refractivity contribution in [3.8, 4) is 5.75 Å². The summed E-state index contributed by atoms with van der Waals surface area (Å²) in [7, 11) is 0. The van der Waals surface area contributed by atoms with Gasteiger partial charge < -0.3 is 4.74 Å². The molecule has 0 unspecified atom stereocenters. The number of aromatic nitrogens is 3. The Hall–Kier alpha value is -1.79. The van der Waals surface area contributed by atoms with Gasteiger partial charge in [-0.2, -0.15) is 5.10 Å². The van der Waals surface area contributed by atoms with E-state index in [0.29, 0.717) is 5.65 Å². The molecule has 0 aliphatic heterocycles. The van der Waals surface area contributed by atoms with Gasteiger partial charge in [-0.3, -0.25) is 0 Å². The second-order valence-electron chi connectivity index (χ2n) is 4.91. The van der Waals surface area contributed by atoms with Gasteiger partial charge in [0.1, 0.15) is 0 Å². The van der Waals surface area contributed by atoms with Gasteiger partial charge in [0, 0.05) is 11.5 Å². The third kappa shape index (κ3) is 2.97. The molecule has 2 rings (SSSR count). The molecule has 0 saturated heterocycles. The number of imidazole rings is 1. The molecule has 0 amide bonds. The van der Waals surface area contributed by atoms with E-state index in [-0.39, 0.29) is 11.2 Å². The van der Waals surface area contributed by atoms with E-state index in [2.05, 4.69) is 14.8 Å². The average molecular weight is 273 g/mol. The molecule has 0 aliphatic carbocycles. The number of hydrogen-bond acceptors (Lipinski definition) is 3. The molecule has 0 fully saturated rings. The summed E-state index contributed by atoms with van der Waals surface area (Å²) in [6.07, 6.45) is -1.12. The highest BCUT2D eigenvalue weighted by Crippen LogP contribution is 2.27. The van der Waals surface area contributed by atoms with E-state index in [1.54, 1.807) is 6.20 Å². The molecule has 0 radical (unpaired) electrons. The summed E-state index contributed by atoms with van der Waals surface area (Å²) >= 11 is 0. The van der Waals surface area contributed by atoms with Gasteiger partial charge in [0.05, 0.1) is 18.1 Å². The Morgan fingerprint density at radius 1 is 1.32 bits per heavy atom. The maximum atomic E-state index is 12.1. The molecule has 2 heterocycles. The minimum Gasteiger partial charge on any atom is -0.404 e. The first-order valence-electron chi connectivity index (χ1n) is 5.83. The molecule has 2 aromatic heterocycles.